The minimum Gasteiger partial charge on any atom is -0.481 e. The van der Waals surface area contributed by atoms with Crippen LogP contribution in [0, 0.1) is 11.3 Å². The molecule has 74 valence electrons. The normalized spacial score (nSPS) is 34.2. The van der Waals surface area contributed by atoms with Crippen molar-refractivity contribution >= 4 is 11.8 Å². The van der Waals surface area contributed by atoms with Crippen LogP contribution in [0.2, 0.25) is 0 Å². The Hall–Kier alpha value is -0.860. The van der Waals surface area contributed by atoms with E-state index in [9.17, 15) is 9.59 Å². The second-order valence-corrected chi connectivity index (χ2v) is 4.11. The summed E-state index contributed by atoms with van der Waals surface area (Å²) in [5, 5.41) is 8.97. The monoisotopic (exact) mass is 184 g/mol. The van der Waals surface area contributed by atoms with E-state index in [2.05, 4.69) is 0 Å². The lowest BCUT2D eigenvalue weighted by Gasteiger charge is -2.36. The Morgan fingerprint density at radius 2 is 2.00 bits per heavy atom. The molecule has 0 radical (unpaired) electrons. The molecule has 3 nitrogen and oxygen atoms in total. The summed E-state index contributed by atoms with van der Waals surface area (Å²) < 4.78 is 0. The van der Waals surface area contributed by atoms with Gasteiger partial charge in [0.2, 0.25) is 0 Å². The molecule has 1 N–H and O–H groups in total. The van der Waals surface area contributed by atoms with Gasteiger partial charge in [0.05, 0.1) is 5.92 Å². The van der Waals surface area contributed by atoms with Crippen LogP contribution in [0.3, 0.4) is 0 Å². The third-order valence-electron chi connectivity index (χ3n) is 3.31. The number of ketones is 1. The minimum absolute atomic E-state index is 0.0135. The Kier molecular flexibility index (Phi) is 2.74. The van der Waals surface area contributed by atoms with Crippen LogP contribution < -0.4 is 0 Å². The number of carbonyl (C=O) groups excluding carboxylic acids is 1. The van der Waals surface area contributed by atoms with Crippen molar-refractivity contribution in [2.75, 3.05) is 0 Å². The van der Waals surface area contributed by atoms with Gasteiger partial charge in [0.1, 0.15) is 5.78 Å². The number of carboxylic acid groups (broad SMARTS) is 1. The first-order valence-corrected chi connectivity index (χ1v) is 4.72. The van der Waals surface area contributed by atoms with Crippen molar-refractivity contribution < 1.29 is 14.7 Å². The highest BCUT2D eigenvalue weighted by molar-refractivity contribution is 5.87. The van der Waals surface area contributed by atoms with E-state index in [1.165, 1.54) is 6.92 Å². The van der Waals surface area contributed by atoms with Gasteiger partial charge in [-0.3, -0.25) is 9.59 Å². The standard InChI is InChI=1S/C10H16O3/c1-7(11)10(2)6-4-3-5-8(10)9(12)13/h8H,3-6H2,1-2H3,(H,12,13). The van der Waals surface area contributed by atoms with Gasteiger partial charge < -0.3 is 5.11 Å². The fourth-order valence-corrected chi connectivity index (χ4v) is 2.15. The third-order valence-corrected chi connectivity index (χ3v) is 3.31. The lowest BCUT2D eigenvalue weighted by molar-refractivity contribution is -0.153. The van der Waals surface area contributed by atoms with E-state index in [-0.39, 0.29) is 5.78 Å². The average molecular weight is 184 g/mol. The number of carboxylic acids is 1. The van der Waals surface area contributed by atoms with E-state index >= 15 is 0 Å². The molecule has 1 saturated carbocycles. The van der Waals surface area contributed by atoms with Crippen molar-refractivity contribution in [3.63, 3.8) is 0 Å². The molecule has 0 aromatic heterocycles. The number of carbonyl (C=O) groups is 2. The van der Waals surface area contributed by atoms with Crippen LogP contribution in [-0.2, 0) is 9.59 Å². The third kappa shape index (κ3) is 1.74. The van der Waals surface area contributed by atoms with Crippen LogP contribution >= 0.6 is 0 Å². The van der Waals surface area contributed by atoms with E-state index < -0.39 is 17.3 Å². The van der Waals surface area contributed by atoms with Crippen LogP contribution in [0.15, 0.2) is 0 Å². The lowest BCUT2D eigenvalue weighted by atomic mass is 9.65. The second-order valence-electron chi connectivity index (χ2n) is 4.11. The van der Waals surface area contributed by atoms with Crippen molar-refractivity contribution in [3.05, 3.63) is 0 Å². The lowest BCUT2D eigenvalue weighted by Crippen LogP contribution is -2.41. The molecule has 0 heterocycles. The quantitative estimate of drug-likeness (QED) is 0.712. The van der Waals surface area contributed by atoms with Crippen LogP contribution in [0.25, 0.3) is 0 Å². The molecule has 0 aromatic carbocycles. The Bertz CT molecular complexity index is 234. The van der Waals surface area contributed by atoms with Gasteiger partial charge in [-0.05, 0) is 19.8 Å². The Morgan fingerprint density at radius 1 is 1.38 bits per heavy atom. The molecule has 2 unspecified atom stereocenters. The molecule has 0 saturated heterocycles. The summed E-state index contributed by atoms with van der Waals surface area (Å²) >= 11 is 0. The van der Waals surface area contributed by atoms with Crippen LogP contribution in [0.4, 0.5) is 0 Å². The molecule has 1 aliphatic rings. The summed E-state index contributed by atoms with van der Waals surface area (Å²) in [5.41, 5.74) is -0.621. The van der Waals surface area contributed by atoms with E-state index in [0.717, 1.165) is 19.3 Å². The molecule has 0 aliphatic heterocycles. The molecule has 2 atom stereocenters. The highest BCUT2D eigenvalue weighted by Gasteiger charge is 2.44. The van der Waals surface area contributed by atoms with Gasteiger partial charge in [0.15, 0.2) is 0 Å². The number of hydrogen-bond acceptors (Lipinski definition) is 2. The van der Waals surface area contributed by atoms with E-state index in [1.807, 2.05) is 0 Å². The Labute approximate surface area is 78.1 Å². The summed E-state index contributed by atoms with van der Waals surface area (Å²) in [5.74, 6) is -1.28. The molecule has 3 heteroatoms. The molecule has 0 bridgehead atoms. The molecule has 13 heavy (non-hydrogen) atoms. The summed E-state index contributed by atoms with van der Waals surface area (Å²) in [7, 11) is 0. The average Bonchev–Trinajstić information content (AvgIpc) is 2.04. The zero-order valence-corrected chi connectivity index (χ0v) is 8.17. The van der Waals surface area contributed by atoms with Gasteiger partial charge in [0.25, 0.3) is 0 Å². The molecule has 0 spiro atoms. The van der Waals surface area contributed by atoms with Gasteiger partial charge in [-0.1, -0.05) is 19.8 Å². The van der Waals surface area contributed by atoms with Gasteiger partial charge in [-0.25, -0.2) is 0 Å². The molecule has 1 fully saturated rings. The zero-order valence-electron chi connectivity index (χ0n) is 8.17. The van der Waals surface area contributed by atoms with Crippen molar-refractivity contribution in [3.8, 4) is 0 Å². The predicted octanol–water partition coefficient (Wildman–Crippen LogP) is 1.86. The van der Waals surface area contributed by atoms with Crippen molar-refractivity contribution in [1.29, 1.82) is 0 Å². The van der Waals surface area contributed by atoms with Crippen molar-refractivity contribution in [2.24, 2.45) is 11.3 Å². The van der Waals surface area contributed by atoms with Crippen LogP contribution in [0.5, 0.6) is 0 Å². The van der Waals surface area contributed by atoms with Gasteiger partial charge in [-0.2, -0.15) is 0 Å². The van der Waals surface area contributed by atoms with Crippen LogP contribution in [-0.4, -0.2) is 16.9 Å². The Morgan fingerprint density at radius 3 is 2.38 bits per heavy atom. The topological polar surface area (TPSA) is 54.4 Å². The zero-order chi connectivity index (χ0) is 10.1. The Balaban J connectivity index is 2.89. The van der Waals surface area contributed by atoms with Crippen LogP contribution in [0.1, 0.15) is 39.5 Å². The fraction of sp³-hybridized carbons (Fsp3) is 0.800. The van der Waals surface area contributed by atoms with Gasteiger partial charge >= 0.3 is 5.97 Å². The summed E-state index contributed by atoms with van der Waals surface area (Å²) in [6.45, 7) is 3.29. The summed E-state index contributed by atoms with van der Waals surface area (Å²) in [6.07, 6.45) is 3.27. The molecule has 1 rings (SSSR count). The molecular formula is C10H16O3. The highest BCUT2D eigenvalue weighted by Crippen LogP contribution is 2.41. The first-order valence-electron chi connectivity index (χ1n) is 4.72. The molecule has 0 aromatic rings. The number of Topliss-reactive ketones (excluding diaryl/α,β-unsaturated/α-hetero) is 1. The maximum Gasteiger partial charge on any atom is 0.307 e. The van der Waals surface area contributed by atoms with Gasteiger partial charge in [0, 0.05) is 5.41 Å². The smallest absolute Gasteiger partial charge is 0.307 e. The minimum atomic E-state index is -0.822. The van der Waals surface area contributed by atoms with Gasteiger partial charge in [-0.15, -0.1) is 0 Å². The maximum absolute atomic E-state index is 11.4. The SMILES string of the molecule is CC(=O)C1(C)CCCCC1C(=O)O. The molecule has 1 aliphatic carbocycles. The summed E-state index contributed by atoms with van der Waals surface area (Å²) in [4.78, 5) is 22.3. The van der Waals surface area contributed by atoms with E-state index in [4.69, 9.17) is 5.11 Å². The maximum atomic E-state index is 11.4. The fourth-order valence-electron chi connectivity index (χ4n) is 2.15. The van der Waals surface area contributed by atoms with E-state index in [1.54, 1.807) is 6.92 Å². The first-order chi connectivity index (χ1) is 5.98. The van der Waals surface area contributed by atoms with E-state index in [0.29, 0.717) is 6.42 Å². The number of hydrogen-bond donors (Lipinski definition) is 1. The molecular weight excluding hydrogens is 168 g/mol. The van der Waals surface area contributed by atoms with Crippen molar-refractivity contribution in [1.82, 2.24) is 0 Å². The largest absolute Gasteiger partial charge is 0.481 e. The first kappa shape index (κ1) is 10.2. The summed E-state index contributed by atoms with van der Waals surface area (Å²) in [6, 6.07) is 0. The highest BCUT2D eigenvalue weighted by atomic mass is 16.4. The van der Waals surface area contributed by atoms with Crippen molar-refractivity contribution in [2.45, 2.75) is 39.5 Å². The second kappa shape index (κ2) is 3.48. The molecule has 0 amide bonds. The number of rotatable bonds is 2. The number of aliphatic carboxylic acids is 1. The predicted molar refractivity (Wildman–Crippen MR) is 48.4 cm³/mol.